The number of ether oxygens (including phenoxy) is 3. The summed E-state index contributed by atoms with van der Waals surface area (Å²) in [7, 11) is 1.25. The summed E-state index contributed by atoms with van der Waals surface area (Å²) in [6.45, 7) is 9.69. The minimum atomic E-state index is -0.402. The second-order valence-electron chi connectivity index (χ2n) is 7.43. The Kier molecular flexibility index (Phi) is 4.82. The highest BCUT2D eigenvalue weighted by Crippen LogP contribution is 2.37. The summed E-state index contributed by atoms with van der Waals surface area (Å²) < 4.78 is 29.2. The Balaban J connectivity index is 1.77. The van der Waals surface area contributed by atoms with Crippen LogP contribution in [0.15, 0.2) is 18.2 Å². The maximum Gasteiger partial charge on any atom is 0.494 e. The summed E-state index contributed by atoms with van der Waals surface area (Å²) in [4.78, 5) is 0. The highest BCUT2D eigenvalue weighted by Gasteiger charge is 2.51. The Bertz CT molecular complexity index is 565. The maximum atomic E-state index is 6.10. The van der Waals surface area contributed by atoms with Crippen LogP contribution in [0.1, 0.15) is 40.5 Å². The van der Waals surface area contributed by atoms with Crippen LogP contribution in [0.2, 0.25) is 0 Å². The molecule has 0 radical (unpaired) electrons. The first kappa shape index (κ1) is 17.6. The molecule has 3 rings (SSSR count). The molecule has 2 aliphatic heterocycles. The smallest absolute Gasteiger partial charge is 0.493 e. The van der Waals surface area contributed by atoms with Crippen LogP contribution in [0.5, 0.6) is 11.5 Å². The van der Waals surface area contributed by atoms with Gasteiger partial charge in [-0.1, -0.05) is 6.07 Å². The molecular formula is C18H27BO5. The van der Waals surface area contributed by atoms with Gasteiger partial charge in [-0.15, -0.1) is 0 Å². The predicted octanol–water partition coefficient (Wildman–Crippen LogP) is 2.55. The van der Waals surface area contributed by atoms with E-state index in [0.29, 0.717) is 5.75 Å². The molecule has 0 atom stereocenters. The van der Waals surface area contributed by atoms with E-state index in [9.17, 15) is 0 Å². The number of benzene rings is 1. The van der Waals surface area contributed by atoms with Crippen molar-refractivity contribution in [2.75, 3.05) is 20.3 Å². The molecule has 1 aromatic rings. The van der Waals surface area contributed by atoms with E-state index in [2.05, 4.69) is 0 Å². The van der Waals surface area contributed by atoms with Crippen LogP contribution in [-0.4, -0.2) is 44.7 Å². The van der Waals surface area contributed by atoms with Gasteiger partial charge in [-0.05, 0) is 45.3 Å². The Hall–Kier alpha value is -1.24. The third kappa shape index (κ3) is 3.41. The lowest BCUT2D eigenvalue weighted by atomic mass is 9.79. The van der Waals surface area contributed by atoms with Crippen molar-refractivity contribution in [3.05, 3.63) is 18.2 Å². The lowest BCUT2D eigenvalue weighted by Crippen LogP contribution is -2.41. The Morgan fingerprint density at radius 3 is 2.21 bits per heavy atom. The van der Waals surface area contributed by atoms with Gasteiger partial charge in [-0.25, -0.2) is 0 Å². The number of hydrogen-bond acceptors (Lipinski definition) is 5. The van der Waals surface area contributed by atoms with Crippen molar-refractivity contribution in [3.8, 4) is 11.5 Å². The average molecular weight is 334 g/mol. The molecule has 2 aliphatic rings. The third-order valence-electron chi connectivity index (χ3n) is 5.18. The zero-order valence-electron chi connectivity index (χ0n) is 15.3. The molecule has 0 unspecified atom stereocenters. The second kappa shape index (κ2) is 6.58. The fraction of sp³-hybridized carbons (Fsp3) is 0.667. The SMILES string of the molecule is COc1cc(B2OC(C)(C)C(C)(C)O2)ccc1OC1CCOCC1. The Morgan fingerprint density at radius 1 is 1.00 bits per heavy atom. The molecule has 0 N–H and O–H groups in total. The van der Waals surface area contributed by atoms with Crippen LogP contribution >= 0.6 is 0 Å². The van der Waals surface area contributed by atoms with Gasteiger partial charge in [0, 0.05) is 12.8 Å². The van der Waals surface area contributed by atoms with Gasteiger partial charge in [-0.3, -0.25) is 0 Å². The minimum Gasteiger partial charge on any atom is -0.493 e. The van der Waals surface area contributed by atoms with Gasteiger partial charge in [0.05, 0.1) is 31.5 Å². The molecule has 0 spiro atoms. The molecule has 24 heavy (non-hydrogen) atoms. The molecule has 0 saturated carbocycles. The second-order valence-corrected chi connectivity index (χ2v) is 7.43. The van der Waals surface area contributed by atoms with Crippen LogP contribution in [-0.2, 0) is 14.0 Å². The average Bonchev–Trinajstić information content (AvgIpc) is 2.77. The molecule has 0 aromatic heterocycles. The highest BCUT2D eigenvalue weighted by atomic mass is 16.7. The van der Waals surface area contributed by atoms with Crippen molar-refractivity contribution >= 4 is 12.6 Å². The number of methoxy groups -OCH3 is 1. The third-order valence-corrected chi connectivity index (χ3v) is 5.18. The van der Waals surface area contributed by atoms with E-state index >= 15 is 0 Å². The molecule has 6 heteroatoms. The largest absolute Gasteiger partial charge is 0.494 e. The first-order chi connectivity index (χ1) is 11.3. The van der Waals surface area contributed by atoms with Crippen molar-refractivity contribution in [3.63, 3.8) is 0 Å². The number of rotatable bonds is 4. The normalized spacial score (nSPS) is 23.3. The molecule has 2 heterocycles. The Morgan fingerprint density at radius 2 is 1.62 bits per heavy atom. The first-order valence-corrected chi connectivity index (χ1v) is 8.60. The first-order valence-electron chi connectivity index (χ1n) is 8.60. The fourth-order valence-electron chi connectivity index (χ4n) is 2.88. The van der Waals surface area contributed by atoms with Crippen molar-refractivity contribution in [1.29, 1.82) is 0 Å². The van der Waals surface area contributed by atoms with Gasteiger partial charge in [0.25, 0.3) is 0 Å². The number of hydrogen-bond donors (Lipinski definition) is 0. The highest BCUT2D eigenvalue weighted by molar-refractivity contribution is 6.62. The topological polar surface area (TPSA) is 46.2 Å². The van der Waals surface area contributed by atoms with Gasteiger partial charge in [0.2, 0.25) is 0 Å². The van der Waals surface area contributed by atoms with E-state index in [-0.39, 0.29) is 17.3 Å². The van der Waals surface area contributed by atoms with Gasteiger partial charge in [0.1, 0.15) is 6.10 Å². The zero-order chi connectivity index (χ0) is 17.4. The summed E-state index contributed by atoms with van der Waals surface area (Å²) in [5, 5.41) is 0. The molecule has 2 fully saturated rings. The van der Waals surface area contributed by atoms with Crippen LogP contribution in [0.25, 0.3) is 0 Å². The molecule has 0 aliphatic carbocycles. The van der Waals surface area contributed by atoms with E-state index in [4.69, 9.17) is 23.5 Å². The summed E-state index contributed by atoms with van der Waals surface area (Å²) in [5.74, 6) is 1.46. The molecule has 2 saturated heterocycles. The van der Waals surface area contributed by atoms with Gasteiger partial charge in [0.15, 0.2) is 11.5 Å². The summed E-state index contributed by atoms with van der Waals surface area (Å²) in [6, 6.07) is 5.87. The maximum absolute atomic E-state index is 6.10. The van der Waals surface area contributed by atoms with Crippen molar-refractivity contribution < 1.29 is 23.5 Å². The van der Waals surface area contributed by atoms with Crippen LogP contribution in [0.3, 0.4) is 0 Å². The van der Waals surface area contributed by atoms with Crippen LogP contribution in [0, 0.1) is 0 Å². The van der Waals surface area contributed by atoms with E-state index in [0.717, 1.165) is 37.3 Å². The summed E-state index contributed by atoms with van der Waals surface area (Å²) >= 11 is 0. The monoisotopic (exact) mass is 334 g/mol. The lowest BCUT2D eigenvalue weighted by molar-refractivity contribution is 0.00578. The minimum absolute atomic E-state index is 0.176. The molecule has 0 bridgehead atoms. The molecule has 132 valence electrons. The molecule has 1 aromatic carbocycles. The molecule has 5 nitrogen and oxygen atoms in total. The van der Waals surface area contributed by atoms with Crippen molar-refractivity contribution in [2.45, 2.75) is 57.8 Å². The summed E-state index contributed by atoms with van der Waals surface area (Å²) in [6.07, 6.45) is 1.99. The Labute approximate surface area is 144 Å². The summed E-state index contributed by atoms with van der Waals surface area (Å²) in [5.41, 5.74) is 0.217. The lowest BCUT2D eigenvalue weighted by Gasteiger charge is -2.32. The van der Waals surface area contributed by atoms with Gasteiger partial charge in [-0.2, -0.15) is 0 Å². The van der Waals surface area contributed by atoms with Gasteiger partial charge >= 0.3 is 7.12 Å². The van der Waals surface area contributed by atoms with Crippen molar-refractivity contribution in [1.82, 2.24) is 0 Å². The standard InChI is InChI=1S/C18H27BO5/c1-17(2)18(3,4)24-19(23-17)13-6-7-15(16(12-13)20-5)22-14-8-10-21-11-9-14/h6-7,12,14H,8-11H2,1-5H3. The van der Waals surface area contributed by atoms with E-state index in [1.807, 2.05) is 45.9 Å². The predicted molar refractivity (Wildman–Crippen MR) is 93.2 cm³/mol. The zero-order valence-corrected chi connectivity index (χ0v) is 15.3. The molecular weight excluding hydrogens is 307 g/mol. The van der Waals surface area contributed by atoms with Gasteiger partial charge < -0.3 is 23.5 Å². The van der Waals surface area contributed by atoms with Crippen molar-refractivity contribution in [2.24, 2.45) is 0 Å². The van der Waals surface area contributed by atoms with E-state index < -0.39 is 7.12 Å². The van der Waals surface area contributed by atoms with Crippen LogP contribution in [0.4, 0.5) is 0 Å². The van der Waals surface area contributed by atoms with E-state index in [1.54, 1.807) is 7.11 Å². The molecule has 0 amide bonds. The van der Waals surface area contributed by atoms with E-state index in [1.165, 1.54) is 0 Å². The fourth-order valence-corrected chi connectivity index (χ4v) is 2.88. The van der Waals surface area contributed by atoms with Crippen LogP contribution < -0.4 is 14.9 Å². The quantitative estimate of drug-likeness (QED) is 0.792.